The first kappa shape index (κ1) is 24.4. The zero-order chi connectivity index (χ0) is 20.6. The lowest BCUT2D eigenvalue weighted by molar-refractivity contribution is 0.254. The number of amidine groups is 1. The molecule has 2 rings (SSSR count). The van der Waals surface area contributed by atoms with E-state index >= 15 is 0 Å². The van der Waals surface area contributed by atoms with Crippen LogP contribution in [-0.2, 0) is 12.8 Å². The van der Waals surface area contributed by atoms with Crippen LogP contribution in [0, 0.1) is 5.92 Å². The fourth-order valence-corrected chi connectivity index (χ4v) is 3.64. The van der Waals surface area contributed by atoms with Crippen LogP contribution in [0.5, 0.6) is 0 Å². The van der Waals surface area contributed by atoms with Crippen LogP contribution in [0.1, 0.15) is 77.3 Å². The summed E-state index contributed by atoms with van der Waals surface area (Å²) in [7, 11) is 0. The number of nitrogens with zero attached hydrogens (tertiary/aromatic N) is 3. The molecule has 1 aliphatic heterocycles. The van der Waals surface area contributed by atoms with Gasteiger partial charge in [-0.2, -0.15) is 0 Å². The van der Waals surface area contributed by atoms with Crippen molar-refractivity contribution in [1.82, 2.24) is 4.90 Å². The van der Waals surface area contributed by atoms with Gasteiger partial charge in [0.25, 0.3) is 0 Å². The molecule has 0 saturated carbocycles. The van der Waals surface area contributed by atoms with Gasteiger partial charge >= 0.3 is 0 Å². The van der Waals surface area contributed by atoms with Gasteiger partial charge in [-0.3, -0.25) is 9.98 Å². The third-order valence-corrected chi connectivity index (χ3v) is 5.26. The van der Waals surface area contributed by atoms with Crippen molar-refractivity contribution in [1.29, 1.82) is 0 Å². The van der Waals surface area contributed by atoms with Crippen molar-refractivity contribution in [2.45, 2.75) is 79.1 Å². The fourth-order valence-electron chi connectivity index (χ4n) is 3.64. The molecule has 0 aliphatic carbocycles. The fraction of sp³-hybridized carbons (Fsp3) is 0.680. The molecule has 0 spiro atoms. The van der Waals surface area contributed by atoms with Gasteiger partial charge in [-0.05, 0) is 69.2 Å². The van der Waals surface area contributed by atoms with Crippen LogP contribution in [0.4, 0.5) is 0 Å². The van der Waals surface area contributed by atoms with E-state index in [2.05, 4.69) is 73.6 Å². The van der Waals surface area contributed by atoms with Crippen LogP contribution < -0.4 is 0 Å². The second kappa shape index (κ2) is 15.3. The van der Waals surface area contributed by atoms with Crippen molar-refractivity contribution < 1.29 is 0 Å². The first-order chi connectivity index (χ1) is 13.7. The quantitative estimate of drug-likeness (QED) is 0.367. The normalized spacial score (nSPS) is 15.1. The van der Waals surface area contributed by atoms with Crippen LogP contribution >= 0.6 is 0 Å². The Kier molecular flexibility index (Phi) is 13.3. The van der Waals surface area contributed by atoms with Gasteiger partial charge in [0.2, 0.25) is 0 Å². The van der Waals surface area contributed by atoms with E-state index < -0.39 is 0 Å². The summed E-state index contributed by atoms with van der Waals surface area (Å²) in [5.41, 5.74) is 2.98. The maximum absolute atomic E-state index is 4.59. The van der Waals surface area contributed by atoms with E-state index in [1.54, 1.807) is 0 Å². The highest BCUT2D eigenvalue weighted by Gasteiger charge is 2.21. The van der Waals surface area contributed by atoms with E-state index in [4.69, 9.17) is 0 Å². The molecule has 1 heterocycles. The van der Waals surface area contributed by atoms with Gasteiger partial charge in [-0.25, -0.2) is 0 Å². The molecule has 0 aromatic heterocycles. The molecule has 0 amide bonds. The monoisotopic (exact) mass is 385 g/mol. The molecule has 0 unspecified atom stereocenters. The van der Waals surface area contributed by atoms with Gasteiger partial charge in [-0.1, -0.05) is 57.9 Å². The van der Waals surface area contributed by atoms with Crippen molar-refractivity contribution in [2.24, 2.45) is 15.9 Å². The third-order valence-electron chi connectivity index (χ3n) is 5.26. The lowest BCUT2D eigenvalue weighted by Crippen LogP contribution is -2.40. The zero-order valence-electron chi connectivity index (χ0n) is 18.9. The van der Waals surface area contributed by atoms with Gasteiger partial charge in [-0.15, -0.1) is 0 Å². The molecule has 1 aliphatic rings. The summed E-state index contributed by atoms with van der Waals surface area (Å²) in [5, 5.41) is 0. The van der Waals surface area contributed by atoms with E-state index in [1.807, 2.05) is 0 Å². The molecule has 1 saturated heterocycles. The Morgan fingerprint density at radius 2 is 1.57 bits per heavy atom. The summed E-state index contributed by atoms with van der Waals surface area (Å²) in [6, 6.07) is 9.32. The molecule has 1 aromatic rings. The van der Waals surface area contributed by atoms with Crippen LogP contribution in [0.25, 0.3) is 0 Å². The SMILES string of the molecule is C=NCC(=NCC)N1CCC(CCc2ccc(CCCC)cc2)CC1.CCC. The Labute approximate surface area is 174 Å². The van der Waals surface area contributed by atoms with Crippen LogP contribution in [-0.4, -0.2) is 43.6 Å². The number of likely N-dealkylation sites (tertiary alicyclic amines) is 1. The average Bonchev–Trinajstić information content (AvgIpc) is 2.72. The van der Waals surface area contributed by atoms with Gasteiger partial charge < -0.3 is 4.90 Å². The predicted molar refractivity (Wildman–Crippen MR) is 126 cm³/mol. The number of aryl methyl sites for hydroxylation is 2. The maximum Gasteiger partial charge on any atom is 0.121 e. The summed E-state index contributed by atoms with van der Waals surface area (Å²) >= 11 is 0. The summed E-state index contributed by atoms with van der Waals surface area (Å²) in [6.45, 7) is 15.9. The molecule has 3 heteroatoms. The van der Waals surface area contributed by atoms with Crippen molar-refractivity contribution in [3.05, 3.63) is 35.4 Å². The summed E-state index contributed by atoms with van der Waals surface area (Å²) in [4.78, 5) is 11.0. The second-order valence-corrected chi connectivity index (χ2v) is 7.87. The third kappa shape index (κ3) is 9.52. The molecule has 1 fully saturated rings. The Morgan fingerprint density at radius 1 is 1.00 bits per heavy atom. The molecular weight excluding hydrogens is 342 g/mol. The Morgan fingerprint density at radius 3 is 2.07 bits per heavy atom. The van der Waals surface area contributed by atoms with Gasteiger partial charge in [0.1, 0.15) is 5.84 Å². The molecule has 0 atom stereocenters. The number of benzene rings is 1. The molecule has 0 N–H and O–H groups in total. The van der Waals surface area contributed by atoms with Gasteiger partial charge in [0.15, 0.2) is 0 Å². The standard InChI is InChI=1S/C22H35N3.C3H8/c1-4-6-7-19-8-10-20(11-9-19)12-13-21-14-16-25(17-15-21)22(18-23-3)24-5-2;1-3-2/h8-11,21H,3-7,12-18H2,1-2H3;3H2,1-2H3. The minimum absolute atomic E-state index is 0.656. The van der Waals surface area contributed by atoms with Gasteiger partial charge in [0.05, 0.1) is 6.54 Å². The molecule has 158 valence electrons. The largest absolute Gasteiger partial charge is 0.359 e. The molecule has 3 nitrogen and oxygen atoms in total. The summed E-state index contributed by atoms with van der Waals surface area (Å²) in [5.74, 6) is 1.97. The number of piperidine rings is 1. The lowest BCUT2D eigenvalue weighted by atomic mass is 9.90. The number of hydrogen-bond donors (Lipinski definition) is 0. The smallest absolute Gasteiger partial charge is 0.121 e. The van der Waals surface area contributed by atoms with Crippen molar-refractivity contribution in [2.75, 3.05) is 26.2 Å². The molecule has 28 heavy (non-hydrogen) atoms. The minimum atomic E-state index is 0.656. The van der Waals surface area contributed by atoms with Crippen LogP contribution in [0.2, 0.25) is 0 Å². The molecular formula is C25H43N3. The average molecular weight is 386 g/mol. The Bertz CT molecular complexity index is 539. The predicted octanol–water partition coefficient (Wildman–Crippen LogP) is 6.21. The van der Waals surface area contributed by atoms with Crippen molar-refractivity contribution >= 4 is 12.6 Å². The first-order valence-corrected chi connectivity index (χ1v) is 11.5. The van der Waals surface area contributed by atoms with E-state index in [9.17, 15) is 0 Å². The highest BCUT2D eigenvalue weighted by molar-refractivity contribution is 5.84. The Balaban J connectivity index is 0.00000122. The molecule has 0 radical (unpaired) electrons. The summed E-state index contributed by atoms with van der Waals surface area (Å²) < 4.78 is 0. The van der Waals surface area contributed by atoms with Crippen LogP contribution in [0.15, 0.2) is 34.3 Å². The first-order valence-electron chi connectivity index (χ1n) is 11.5. The summed E-state index contributed by atoms with van der Waals surface area (Å²) in [6.07, 6.45) is 10.1. The second-order valence-electron chi connectivity index (χ2n) is 7.87. The number of rotatable bonds is 9. The van der Waals surface area contributed by atoms with E-state index in [-0.39, 0.29) is 0 Å². The van der Waals surface area contributed by atoms with E-state index in [0.717, 1.165) is 31.4 Å². The highest BCUT2D eigenvalue weighted by atomic mass is 15.2. The lowest BCUT2D eigenvalue weighted by Gasteiger charge is -2.34. The number of aliphatic imine (C=N–C) groups is 2. The maximum atomic E-state index is 4.59. The zero-order valence-corrected chi connectivity index (χ0v) is 18.9. The van der Waals surface area contributed by atoms with Gasteiger partial charge in [0, 0.05) is 19.6 Å². The van der Waals surface area contributed by atoms with Crippen LogP contribution in [0.3, 0.4) is 0 Å². The molecule has 0 bridgehead atoms. The van der Waals surface area contributed by atoms with E-state index in [1.165, 1.54) is 62.5 Å². The Hall–Kier alpha value is -1.64. The van der Waals surface area contributed by atoms with E-state index in [0.29, 0.717) is 6.54 Å². The number of hydrogen-bond acceptors (Lipinski definition) is 2. The topological polar surface area (TPSA) is 28.0 Å². The number of unbranched alkanes of at least 4 members (excludes halogenated alkanes) is 1. The van der Waals surface area contributed by atoms with Crippen molar-refractivity contribution in [3.63, 3.8) is 0 Å². The molecule has 1 aromatic carbocycles. The highest BCUT2D eigenvalue weighted by Crippen LogP contribution is 2.23. The minimum Gasteiger partial charge on any atom is -0.359 e. The van der Waals surface area contributed by atoms with Crippen molar-refractivity contribution in [3.8, 4) is 0 Å².